The Kier molecular flexibility index (Phi) is 4.27. The molecule has 0 aliphatic heterocycles. The van der Waals surface area contributed by atoms with Crippen LogP contribution in [-0.2, 0) is 6.42 Å². The van der Waals surface area contributed by atoms with Crippen molar-refractivity contribution in [1.29, 1.82) is 0 Å². The number of methoxy groups -OCH3 is 1. The van der Waals surface area contributed by atoms with Crippen LogP contribution >= 0.6 is 0 Å². The fraction of sp³-hybridized carbons (Fsp3) is 0.211. The lowest BCUT2D eigenvalue weighted by atomic mass is 10.00. The maximum atomic E-state index is 11.4. The lowest BCUT2D eigenvalue weighted by Crippen LogP contribution is -2.12. The average molecular weight is 323 g/mol. The topological polar surface area (TPSA) is 94.1 Å². The number of primary amides is 1. The zero-order chi connectivity index (χ0) is 17.3. The molecular weight excluding hydrogens is 302 g/mol. The first-order valence-corrected chi connectivity index (χ1v) is 7.84. The number of carbonyl (C=O) groups is 1. The van der Waals surface area contributed by atoms with Crippen LogP contribution in [0.5, 0.6) is 5.75 Å². The van der Waals surface area contributed by atoms with Crippen molar-refractivity contribution in [3.05, 3.63) is 53.2 Å². The van der Waals surface area contributed by atoms with Crippen LogP contribution in [0.3, 0.4) is 0 Å². The summed E-state index contributed by atoms with van der Waals surface area (Å²) in [4.78, 5) is 14.9. The highest BCUT2D eigenvalue weighted by molar-refractivity contribution is 5.96. The van der Waals surface area contributed by atoms with Crippen LogP contribution in [0.2, 0.25) is 0 Å². The number of carbonyl (C=O) groups excluding carboxylic acids is 1. The molecule has 5 nitrogen and oxygen atoms in total. The van der Waals surface area contributed by atoms with Crippen molar-refractivity contribution in [1.82, 2.24) is 4.98 Å². The van der Waals surface area contributed by atoms with E-state index in [1.165, 1.54) is 18.1 Å². The molecule has 0 spiro atoms. The normalized spacial score (nSPS) is 11.0. The molecule has 1 amide bonds. The number of hydrogen-bond donors (Lipinski definition) is 3. The van der Waals surface area contributed by atoms with Crippen LogP contribution in [0.15, 0.2) is 36.4 Å². The minimum Gasteiger partial charge on any atom is -0.496 e. The summed E-state index contributed by atoms with van der Waals surface area (Å²) in [6.07, 6.45) is 0.853. The van der Waals surface area contributed by atoms with Gasteiger partial charge < -0.3 is 21.2 Å². The SMILES string of the molecule is COc1cc(-c2ccc3c(CCN)c(C)[nH]c3c2)ccc1C(N)=O. The zero-order valence-electron chi connectivity index (χ0n) is 13.8. The second-order valence-corrected chi connectivity index (χ2v) is 5.81. The molecule has 3 rings (SSSR count). The molecule has 0 bridgehead atoms. The molecule has 0 saturated carbocycles. The minimum atomic E-state index is -0.500. The van der Waals surface area contributed by atoms with E-state index in [4.69, 9.17) is 16.2 Å². The fourth-order valence-electron chi connectivity index (χ4n) is 3.11. The molecule has 0 atom stereocenters. The van der Waals surface area contributed by atoms with Crippen molar-refractivity contribution in [3.8, 4) is 16.9 Å². The largest absolute Gasteiger partial charge is 0.496 e. The van der Waals surface area contributed by atoms with E-state index < -0.39 is 5.91 Å². The van der Waals surface area contributed by atoms with Crippen molar-refractivity contribution in [2.75, 3.05) is 13.7 Å². The Labute approximate surface area is 140 Å². The van der Waals surface area contributed by atoms with E-state index in [0.717, 1.165) is 28.8 Å². The molecule has 5 heteroatoms. The van der Waals surface area contributed by atoms with E-state index in [1.54, 1.807) is 6.07 Å². The maximum absolute atomic E-state index is 11.4. The summed E-state index contributed by atoms with van der Waals surface area (Å²) in [6, 6.07) is 11.7. The van der Waals surface area contributed by atoms with Crippen molar-refractivity contribution < 1.29 is 9.53 Å². The smallest absolute Gasteiger partial charge is 0.252 e. The van der Waals surface area contributed by atoms with Crippen molar-refractivity contribution in [3.63, 3.8) is 0 Å². The third-order valence-corrected chi connectivity index (χ3v) is 4.31. The predicted octanol–water partition coefficient (Wildman–Crippen LogP) is 2.75. The molecule has 0 saturated heterocycles. The number of rotatable bonds is 5. The number of H-pyrrole nitrogens is 1. The molecule has 0 fully saturated rings. The number of amides is 1. The van der Waals surface area contributed by atoms with Crippen LogP contribution < -0.4 is 16.2 Å². The van der Waals surface area contributed by atoms with Crippen LogP contribution in [-0.4, -0.2) is 24.5 Å². The number of nitrogens with one attached hydrogen (secondary N) is 1. The van der Waals surface area contributed by atoms with Gasteiger partial charge in [0.05, 0.1) is 12.7 Å². The quantitative estimate of drug-likeness (QED) is 0.674. The van der Waals surface area contributed by atoms with Crippen LogP contribution in [0.4, 0.5) is 0 Å². The highest BCUT2D eigenvalue weighted by Gasteiger charge is 2.12. The van der Waals surface area contributed by atoms with Gasteiger partial charge in [-0.05, 0) is 54.8 Å². The van der Waals surface area contributed by atoms with E-state index in [-0.39, 0.29) is 0 Å². The first-order chi connectivity index (χ1) is 11.5. The van der Waals surface area contributed by atoms with Crippen LogP contribution in [0, 0.1) is 6.92 Å². The zero-order valence-corrected chi connectivity index (χ0v) is 13.8. The average Bonchev–Trinajstić information content (AvgIpc) is 2.89. The molecule has 0 unspecified atom stereocenters. The summed E-state index contributed by atoms with van der Waals surface area (Å²) in [7, 11) is 1.53. The molecule has 0 aliphatic carbocycles. The number of ether oxygens (including phenoxy) is 1. The lowest BCUT2D eigenvalue weighted by Gasteiger charge is -2.09. The highest BCUT2D eigenvalue weighted by atomic mass is 16.5. The van der Waals surface area contributed by atoms with Gasteiger partial charge in [0.15, 0.2) is 0 Å². The molecule has 0 aliphatic rings. The Balaban J connectivity index is 2.08. The van der Waals surface area contributed by atoms with Gasteiger partial charge >= 0.3 is 0 Å². The third kappa shape index (κ3) is 2.74. The van der Waals surface area contributed by atoms with Gasteiger partial charge in [-0.15, -0.1) is 0 Å². The number of aryl methyl sites for hydroxylation is 1. The standard InChI is InChI=1S/C19H21N3O2/c1-11-14(7-8-20)15-5-3-12(9-17(15)22-11)13-4-6-16(19(21)23)18(10-13)24-2/h3-6,9-10,22H,7-8,20H2,1-2H3,(H2,21,23). The maximum Gasteiger partial charge on any atom is 0.252 e. The van der Waals surface area contributed by atoms with Gasteiger partial charge in [-0.2, -0.15) is 0 Å². The van der Waals surface area contributed by atoms with Gasteiger partial charge in [-0.1, -0.05) is 18.2 Å². The fourth-order valence-corrected chi connectivity index (χ4v) is 3.11. The van der Waals surface area contributed by atoms with E-state index in [1.807, 2.05) is 12.1 Å². The van der Waals surface area contributed by atoms with Gasteiger partial charge in [0.1, 0.15) is 5.75 Å². The summed E-state index contributed by atoms with van der Waals surface area (Å²) in [5.41, 5.74) is 16.9. The second-order valence-electron chi connectivity index (χ2n) is 5.81. The number of nitrogens with two attached hydrogens (primary N) is 2. The van der Waals surface area contributed by atoms with E-state index in [2.05, 4.69) is 30.1 Å². The summed E-state index contributed by atoms with van der Waals surface area (Å²) in [5.74, 6) is -0.0214. The molecule has 2 aromatic carbocycles. The van der Waals surface area contributed by atoms with Crippen LogP contribution in [0.1, 0.15) is 21.6 Å². The molecule has 24 heavy (non-hydrogen) atoms. The highest BCUT2D eigenvalue weighted by Crippen LogP contribution is 2.31. The molecular formula is C19H21N3O2. The number of fused-ring (bicyclic) bond motifs is 1. The number of aromatic nitrogens is 1. The molecule has 5 N–H and O–H groups in total. The van der Waals surface area contributed by atoms with Gasteiger partial charge in [0.25, 0.3) is 5.91 Å². The summed E-state index contributed by atoms with van der Waals surface area (Å²) in [5, 5.41) is 1.20. The first kappa shape index (κ1) is 16.1. The minimum absolute atomic E-state index is 0.378. The first-order valence-electron chi connectivity index (χ1n) is 7.84. The van der Waals surface area contributed by atoms with Crippen molar-refractivity contribution >= 4 is 16.8 Å². The van der Waals surface area contributed by atoms with Gasteiger partial charge in [0.2, 0.25) is 0 Å². The molecule has 3 aromatic rings. The molecule has 1 aromatic heterocycles. The molecule has 124 valence electrons. The predicted molar refractivity (Wildman–Crippen MR) is 96.3 cm³/mol. The Morgan fingerprint density at radius 1 is 1.17 bits per heavy atom. The third-order valence-electron chi connectivity index (χ3n) is 4.31. The molecule has 1 heterocycles. The lowest BCUT2D eigenvalue weighted by molar-refractivity contribution is 0.0997. The van der Waals surface area contributed by atoms with Gasteiger partial charge in [0, 0.05) is 16.6 Å². The Morgan fingerprint density at radius 2 is 1.88 bits per heavy atom. The Hall–Kier alpha value is -2.79. The van der Waals surface area contributed by atoms with E-state index in [9.17, 15) is 4.79 Å². The Morgan fingerprint density at radius 3 is 2.54 bits per heavy atom. The molecule has 0 radical (unpaired) electrons. The summed E-state index contributed by atoms with van der Waals surface area (Å²) < 4.78 is 5.29. The Bertz CT molecular complexity index is 912. The number of aromatic amines is 1. The monoisotopic (exact) mass is 323 g/mol. The van der Waals surface area contributed by atoms with Gasteiger partial charge in [-0.25, -0.2) is 0 Å². The number of hydrogen-bond acceptors (Lipinski definition) is 3. The van der Waals surface area contributed by atoms with Gasteiger partial charge in [-0.3, -0.25) is 4.79 Å². The van der Waals surface area contributed by atoms with E-state index in [0.29, 0.717) is 17.9 Å². The summed E-state index contributed by atoms with van der Waals surface area (Å²) >= 11 is 0. The van der Waals surface area contributed by atoms with Crippen molar-refractivity contribution in [2.45, 2.75) is 13.3 Å². The van der Waals surface area contributed by atoms with Crippen LogP contribution in [0.25, 0.3) is 22.0 Å². The summed E-state index contributed by atoms with van der Waals surface area (Å²) in [6.45, 7) is 2.69. The van der Waals surface area contributed by atoms with Crippen molar-refractivity contribution in [2.24, 2.45) is 11.5 Å². The number of benzene rings is 2. The van der Waals surface area contributed by atoms with E-state index >= 15 is 0 Å². The second kappa shape index (κ2) is 6.37.